The highest BCUT2D eigenvalue weighted by molar-refractivity contribution is 7.99. The van der Waals surface area contributed by atoms with Crippen LogP contribution in [0.25, 0.3) is 0 Å². The summed E-state index contributed by atoms with van der Waals surface area (Å²) in [6, 6.07) is 12.4. The van der Waals surface area contributed by atoms with Crippen LogP contribution in [0, 0.1) is 21.4 Å². The van der Waals surface area contributed by atoms with Crippen molar-refractivity contribution in [2.45, 2.75) is 9.92 Å². The first-order valence-corrected chi connectivity index (χ1v) is 6.83. The van der Waals surface area contributed by atoms with Gasteiger partial charge in [0.15, 0.2) is 0 Å². The monoisotopic (exact) mass is 300 g/mol. The molecule has 0 atom stereocenters. The number of nitrogens with zero attached hydrogens (tertiary/aromatic N) is 4. The van der Waals surface area contributed by atoms with E-state index in [2.05, 4.69) is 4.98 Å². The molecule has 6 nitrogen and oxygen atoms in total. The number of aromatic nitrogens is 1. The van der Waals surface area contributed by atoms with Crippen LogP contribution >= 0.6 is 11.8 Å². The van der Waals surface area contributed by atoms with Gasteiger partial charge in [-0.25, -0.2) is 4.98 Å². The molecule has 7 heteroatoms. The van der Waals surface area contributed by atoms with E-state index in [0.717, 1.165) is 10.6 Å². The van der Waals surface area contributed by atoms with E-state index in [1.165, 1.54) is 17.8 Å². The van der Waals surface area contributed by atoms with Crippen LogP contribution in [0.15, 0.2) is 46.3 Å². The van der Waals surface area contributed by atoms with Crippen molar-refractivity contribution in [2.24, 2.45) is 0 Å². The quantitative estimate of drug-likeness (QED) is 0.637. The highest BCUT2D eigenvalue weighted by atomic mass is 32.2. The van der Waals surface area contributed by atoms with Crippen molar-refractivity contribution >= 4 is 23.1 Å². The Labute approximate surface area is 126 Å². The van der Waals surface area contributed by atoms with Crippen LogP contribution in [0.4, 0.5) is 11.4 Å². The predicted octanol–water partition coefficient (Wildman–Crippen LogP) is 3.08. The van der Waals surface area contributed by atoms with Gasteiger partial charge < -0.3 is 4.90 Å². The zero-order valence-corrected chi connectivity index (χ0v) is 12.3. The Kier molecular flexibility index (Phi) is 4.40. The Morgan fingerprint density at radius 3 is 2.43 bits per heavy atom. The number of hydrogen-bond donors (Lipinski definition) is 0. The molecule has 0 aliphatic rings. The van der Waals surface area contributed by atoms with Crippen LogP contribution in [0.2, 0.25) is 0 Å². The molecule has 0 radical (unpaired) electrons. The summed E-state index contributed by atoms with van der Waals surface area (Å²) in [5, 5.41) is 20.2. The Hall–Kier alpha value is -2.59. The minimum absolute atomic E-state index is 0.171. The molecule has 106 valence electrons. The molecule has 0 amide bonds. The van der Waals surface area contributed by atoms with Crippen LogP contribution in [-0.2, 0) is 0 Å². The minimum atomic E-state index is -0.605. The van der Waals surface area contributed by atoms with Gasteiger partial charge in [-0.1, -0.05) is 11.8 Å². The fraction of sp³-hybridized carbons (Fsp3) is 0.143. The Morgan fingerprint density at radius 1 is 1.24 bits per heavy atom. The Bertz CT molecular complexity index is 708. The number of nitro groups is 1. The molecule has 1 heterocycles. The van der Waals surface area contributed by atoms with E-state index >= 15 is 0 Å². The lowest BCUT2D eigenvalue weighted by atomic mass is 10.3. The summed E-state index contributed by atoms with van der Waals surface area (Å²) in [6.45, 7) is 0. The molecule has 0 fully saturated rings. The molecule has 0 bridgehead atoms. The van der Waals surface area contributed by atoms with Gasteiger partial charge in [-0.15, -0.1) is 0 Å². The summed E-state index contributed by atoms with van der Waals surface area (Å²) in [5.74, 6) is 0. The summed E-state index contributed by atoms with van der Waals surface area (Å²) in [5.41, 5.74) is 0.633. The molecule has 0 aliphatic carbocycles. The summed E-state index contributed by atoms with van der Waals surface area (Å²) in [6.07, 6.45) is 0. The SMILES string of the molecule is CN(C)c1ccc(Sc2ccc([N+](=O)[O-])c(C#N)n2)cc1. The molecule has 0 unspecified atom stereocenters. The minimum Gasteiger partial charge on any atom is -0.378 e. The largest absolute Gasteiger partial charge is 0.378 e. The number of hydrogen-bond acceptors (Lipinski definition) is 6. The molecular weight excluding hydrogens is 288 g/mol. The second kappa shape index (κ2) is 6.24. The number of benzene rings is 1. The molecule has 1 aromatic heterocycles. The van der Waals surface area contributed by atoms with E-state index in [4.69, 9.17) is 5.26 Å². The number of nitriles is 1. The molecule has 0 saturated heterocycles. The van der Waals surface area contributed by atoms with Crippen LogP contribution in [0.3, 0.4) is 0 Å². The first-order chi connectivity index (χ1) is 10.0. The smallest absolute Gasteiger partial charge is 0.305 e. The van der Waals surface area contributed by atoms with Gasteiger partial charge in [0.1, 0.15) is 11.1 Å². The Balaban J connectivity index is 2.24. The molecule has 0 N–H and O–H groups in total. The van der Waals surface area contributed by atoms with E-state index in [-0.39, 0.29) is 11.4 Å². The lowest BCUT2D eigenvalue weighted by Gasteiger charge is -2.12. The summed E-state index contributed by atoms with van der Waals surface area (Å²) >= 11 is 1.35. The van der Waals surface area contributed by atoms with Gasteiger partial charge in [0, 0.05) is 30.7 Å². The fourth-order valence-corrected chi connectivity index (χ4v) is 2.44. The average molecular weight is 300 g/mol. The lowest BCUT2D eigenvalue weighted by Crippen LogP contribution is -2.07. The van der Waals surface area contributed by atoms with Crippen molar-refractivity contribution in [3.8, 4) is 6.07 Å². The van der Waals surface area contributed by atoms with Crippen molar-refractivity contribution < 1.29 is 4.92 Å². The molecule has 0 aliphatic heterocycles. The predicted molar refractivity (Wildman–Crippen MR) is 80.5 cm³/mol. The van der Waals surface area contributed by atoms with Crippen molar-refractivity contribution in [2.75, 3.05) is 19.0 Å². The third-order valence-corrected chi connectivity index (χ3v) is 3.67. The van der Waals surface area contributed by atoms with Crippen LogP contribution in [-0.4, -0.2) is 24.0 Å². The first-order valence-electron chi connectivity index (χ1n) is 6.02. The maximum Gasteiger partial charge on any atom is 0.305 e. The van der Waals surface area contributed by atoms with Gasteiger partial charge >= 0.3 is 5.69 Å². The molecule has 0 saturated carbocycles. The van der Waals surface area contributed by atoms with E-state index in [1.54, 1.807) is 12.1 Å². The standard InChI is InChI=1S/C14H12N4O2S/c1-17(2)10-3-5-11(6-4-10)21-14-8-7-13(18(19)20)12(9-15)16-14/h3-8H,1-2H3. The molecule has 1 aromatic carbocycles. The molecule has 2 aromatic rings. The zero-order valence-electron chi connectivity index (χ0n) is 11.5. The van der Waals surface area contributed by atoms with E-state index < -0.39 is 4.92 Å². The summed E-state index contributed by atoms with van der Waals surface area (Å²) < 4.78 is 0. The van der Waals surface area contributed by atoms with Gasteiger partial charge in [-0.05, 0) is 30.3 Å². The lowest BCUT2D eigenvalue weighted by molar-refractivity contribution is -0.385. The molecule has 2 rings (SSSR count). The van der Waals surface area contributed by atoms with Crippen molar-refractivity contribution in [3.05, 3.63) is 52.2 Å². The third kappa shape index (κ3) is 3.49. The number of rotatable bonds is 4. The summed E-state index contributed by atoms with van der Waals surface area (Å²) in [4.78, 5) is 17.1. The maximum absolute atomic E-state index is 10.8. The first kappa shape index (κ1) is 14.8. The number of pyridine rings is 1. The second-order valence-electron chi connectivity index (χ2n) is 4.38. The maximum atomic E-state index is 10.8. The van der Waals surface area contributed by atoms with Gasteiger partial charge in [0.2, 0.25) is 5.69 Å². The highest BCUT2D eigenvalue weighted by Crippen LogP contribution is 2.29. The molecule has 21 heavy (non-hydrogen) atoms. The topological polar surface area (TPSA) is 83.1 Å². The van der Waals surface area contributed by atoms with Crippen LogP contribution in [0.1, 0.15) is 5.69 Å². The second-order valence-corrected chi connectivity index (χ2v) is 5.47. The van der Waals surface area contributed by atoms with Gasteiger partial charge in [-0.3, -0.25) is 10.1 Å². The molecular formula is C14H12N4O2S. The van der Waals surface area contributed by atoms with Crippen molar-refractivity contribution in [1.29, 1.82) is 5.26 Å². The highest BCUT2D eigenvalue weighted by Gasteiger charge is 2.15. The molecule has 0 spiro atoms. The Morgan fingerprint density at radius 2 is 1.90 bits per heavy atom. The van der Waals surface area contributed by atoms with Crippen molar-refractivity contribution in [1.82, 2.24) is 4.98 Å². The van der Waals surface area contributed by atoms with E-state index in [1.807, 2.05) is 43.3 Å². The van der Waals surface area contributed by atoms with E-state index in [9.17, 15) is 10.1 Å². The van der Waals surface area contributed by atoms with Crippen LogP contribution < -0.4 is 4.90 Å². The number of anilines is 1. The van der Waals surface area contributed by atoms with Gasteiger partial charge in [0.25, 0.3) is 0 Å². The fourth-order valence-electron chi connectivity index (χ4n) is 1.65. The third-order valence-electron chi connectivity index (χ3n) is 2.73. The average Bonchev–Trinajstić information content (AvgIpc) is 2.47. The van der Waals surface area contributed by atoms with Crippen molar-refractivity contribution in [3.63, 3.8) is 0 Å². The van der Waals surface area contributed by atoms with Gasteiger partial charge in [0.05, 0.1) is 4.92 Å². The van der Waals surface area contributed by atoms with Crippen LogP contribution in [0.5, 0.6) is 0 Å². The van der Waals surface area contributed by atoms with E-state index in [0.29, 0.717) is 5.03 Å². The summed E-state index contributed by atoms with van der Waals surface area (Å²) in [7, 11) is 3.92. The normalized spacial score (nSPS) is 9.95. The zero-order chi connectivity index (χ0) is 15.4. The van der Waals surface area contributed by atoms with Gasteiger partial charge in [-0.2, -0.15) is 5.26 Å².